The lowest BCUT2D eigenvalue weighted by Crippen LogP contribution is -2.23. The molecular formula is C13H19NO3. The van der Waals surface area contributed by atoms with Gasteiger partial charge in [-0.05, 0) is 37.6 Å². The Hall–Kier alpha value is -1.55. The van der Waals surface area contributed by atoms with E-state index in [1.165, 1.54) is 0 Å². The third-order valence-corrected chi connectivity index (χ3v) is 2.63. The normalized spacial score (nSPS) is 10.3. The Morgan fingerprint density at radius 1 is 1.47 bits per heavy atom. The van der Waals surface area contributed by atoms with E-state index < -0.39 is 5.97 Å². The van der Waals surface area contributed by atoms with Crippen molar-refractivity contribution in [3.05, 3.63) is 29.3 Å². The summed E-state index contributed by atoms with van der Waals surface area (Å²) in [5.41, 5.74) is 2.32. The molecule has 1 N–H and O–H groups in total. The first-order valence-electron chi connectivity index (χ1n) is 5.69. The number of anilines is 1. The van der Waals surface area contributed by atoms with Crippen LogP contribution < -0.4 is 4.90 Å². The average Bonchev–Trinajstić information content (AvgIpc) is 2.28. The summed E-state index contributed by atoms with van der Waals surface area (Å²) in [5.74, 6) is -0.892. The van der Waals surface area contributed by atoms with E-state index >= 15 is 0 Å². The second-order valence-corrected chi connectivity index (χ2v) is 3.92. The van der Waals surface area contributed by atoms with Crippen LogP contribution in [0.15, 0.2) is 18.2 Å². The van der Waals surface area contributed by atoms with Crippen molar-refractivity contribution in [3.8, 4) is 0 Å². The number of hydrogen-bond acceptors (Lipinski definition) is 3. The van der Waals surface area contributed by atoms with Crippen molar-refractivity contribution >= 4 is 11.7 Å². The first-order chi connectivity index (χ1) is 8.06. The van der Waals surface area contributed by atoms with Crippen LogP contribution >= 0.6 is 0 Å². The third kappa shape index (κ3) is 3.75. The number of carboxylic acid groups (broad SMARTS) is 1. The van der Waals surface area contributed by atoms with E-state index in [0.717, 1.165) is 17.8 Å². The van der Waals surface area contributed by atoms with E-state index in [2.05, 4.69) is 4.90 Å². The molecule has 0 amide bonds. The van der Waals surface area contributed by atoms with Gasteiger partial charge in [-0.3, -0.25) is 0 Å². The van der Waals surface area contributed by atoms with Crippen molar-refractivity contribution in [2.75, 3.05) is 31.7 Å². The van der Waals surface area contributed by atoms with Crippen molar-refractivity contribution in [2.45, 2.75) is 13.8 Å². The lowest BCUT2D eigenvalue weighted by Gasteiger charge is -2.21. The third-order valence-electron chi connectivity index (χ3n) is 2.63. The summed E-state index contributed by atoms with van der Waals surface area (Å²) in [7, 11) is 1.97. The summed E-state index contributed by atoms with van der Waals surface area (Å²) in [6, 6.07) is 5.15. The van der Waals surface area contributed by atoms with E-state index in [9.17, 15) is 4.79 Å². The van der Waals surface area contributed by atoms with Crippen molar-refractivity contribution < 1.29 is 14.6 Å². The highest BCUT2D eigenvalue weighted by atomic mass is 16.5. The summed E-state index contributed by atoms with van der Waals surface area (Å²) in [6.07, 6.45) is 0. The molecule has 0 spiro atoms. The van der Waals surface area contributed by atoms with Crippen LogP contribution in [-0.2, 0) is 4.74 Å². The highest BCUT2D eigenvalue weighted by Crippen LogP contribution is 2.20. The van der Waals surface area contributed by atoms with Crippen LogP contribution in [0.3, 0.4) is 0 Å². The first kappa shape index (κ1) is 13.5. The molecule has 4 nitrogen and oxygen atoms in total. The number of rotatable bonds is 6. The molecule has 0 bridgehead atoms. The van der Waals surface area contributed by atoms with Gasteiger partial charge in [-0.1, -0.05) is 0 Å². The van der Waals surface area contributed by atoms with Gasteiger partial charge >= 0.3 is 5.97 Å². The minimum Gasteiger partial charge on any atom is -0.478 e. The molecule has 0 saturated heterocycles. The van der Waals surface area contributed by atoms with E-state index in [1.54, 1.807) is 12.1 Å². The molecule has 0 saturated carbocycles. The average molecular weight is 237 g/mol. The summed E-state index contributed by atoms with van der Waals surface area (Å²) >= 11 is 0. The van der Waals surface area contributed by atoms with Crippen molar-refractivity contribution in [3.63, 3.8) is 0 Å². The number of aryl methyl sites for hydroxylation is 1. The fraction of sp³-hybridized carbons (Fsp3) is 0.462. The molecule has 0 radical (unpaired) electrons. The van der Waals surface area contributed by atoms with Gasteiger partial charge in [0, 0.05) is 25.9 Å². The van der Waals surface area contributed by atoms with Crippen molar-refractivity contribution in [2.24, 2.45) is 0 Å². The highest BCUT2D eigenvalue weighted by Gasteiger charge is 2.08. The minimum atomic E-state index is -0.892. The first-order valence-corrected chi connectivity index (χ1v) is 5.69. The number of benzene rings is 1. The Morgan fingerprint density at radius 2 is 2.18 bits per heavy atom. The summed E-state index contributed by atoms with van der Waals surface area (Å²) < 4.78 is 5.29. The number of ether oxygens (including phenoxy) is 1. The smallest absolute Gasteiger partial charge is 0.335 e. The standard InChI is InChI=1S/C13H19NO3/c1-4-17-8-7-14(3)12-6-5-11(13(15)16)9-10(12)2/h5-6,9H,4,7-8H2,1-3H3,(H,15,16). The Kier molecular flexibility index (Phi) is 4.97. The zero-order valence-corrected chi connectivity index (χ0v) is 10.6. The van der Waals surface area contributed by atoms with E-state index in [1.807, 2.05) is 27.0 Å². The molecule has 0 fully saturated rings. The number of carboxylic acids is 1. The number of carbonyl (C=O) groups is 1. The highest BCUT2D eigenvalue weighted by molar-refractivity contribution is 5.88. The minimum absolute atomic E-state index is 0.324. The maximum Gasteiger partial charge on any atom is 0.335 e. The maximum absolute atomic E-state index is 10.8. The lowest BCUT2D eigenvalue weighted by molar-refractivity contribution is 0.0697. The van der Waals surface area contributed by atoms with Crippen molar-refractivity contribution in [1.29, 1.82) is 0 Å². The molecule has 0 unspecified atom stereocenters. The summed E-state index contributed by atoms with van der Waals surface area (Å²) in [5, 5.41) is 8.88. The van der Waals surface area contributed by atoms with Gasteiger partial charge in [0.1, 0.15) is 0 Å². The molecule has 94 valence electrons. The molecule has 0 aliphatic heterocycles. The largest absolute Gasteiger partial charge is 0.478 e. The number of likely N-dealkylation sites (N-methyl/N-ethyl adjacent to an activating group) is 1. The van der Waals surface area contributed by atoms with Gasteiger partial charge in [0.15, 0.2) is 0 Å². The molecular weight excluding hydrogens is 218 g/mol. The Morgan fingerprint density at radius 3 is 2.71 bits per heavy atom. The molecule has 1 aromatic carbocycles. The van der Waals surface area contributed by atoms with E-state index in [4.69, 9.17) is 9.84 Å². The lowest BCUT2D eigenvalue weighted by atomic mass is 10.1. The van der Waals surface area contributed by atoms with E-state index in [-0.39, 0.29) is 0 Å². The van der Waals surface area contributed by atoms with Gasteiger partial charge in [0.05, 0.1) is 12.2 Å². The van der Waals surface area contributed by atoms with Gasteiger partial charge in [0.2, 0.25) is 0 Å². The number of aromatic carboxylic acids is 1. The Labute approximate surface area is 102 Å². The van der Waals surface area contributed by atoms with Crippen LogP contribution in [0.25, 0.3) is 0 Å². The molecule has 1 rings (SSSR count). The molecule has 0 aliphatic rings. The van der Waals surface area contributed by atoms with Gasteiger partial charge in [-0.25, -0.2) is 4.79 Å². The zero-order chi connectivity index (χ0) is 12.8. The van der Waals surface area contributed by atoms with Gasteiger partial charge in [0.25, 0.3) is 0 Å². The molecule has 0 aliphatic carbocycles. The summed E-state index contributed by atoms with van der Waals surface area (Å²) in [6.45, 7) is 6.06. The topological polar surface area (TPSA) is 49.8 Å². The summed E-state index contributed by atoms with van der Waals surface area (Å²) in [4.78, 5) is 12.9. The quantitative estimate of drug-likeness (QED) is 0.770. The fourth-order valence-electron chi connectivity index (χ4n) is 1.68. The predicted octanol–water partition coefficient (Wildman–Crippen LogP) is 2.17. The van der Waals surface area contributed by atoms with Crippen LogP contribution in [0.5, 0.6) is 0 Å². The Bertz CT molecular complexity index is 390. The Balaban J connectivity index is 2.74. The molecule has 0 aromatic heterocycles. The molecule has 0 atom stereocenters. The molecule has 1 aromatic rings. The van der Waals surface area contributed by atoms with Crippen LogP contribution in [-0.4, -0.2) is 37.9 Å². The van der Waals surface area contributed by atoms with Gasteiger partial charge < -0.3 is 14.7 Å². The maximum atomic E-state index is 10.8. The number of nitrogens with zero attached hydrogens (tertiary/aromatic N) is 1. The zero-order valence-electron chi connectivity index (χ0n) is 10.6. The molecule has 0 heterocycles. The van der Waals surface area contributed by atoms with Gasteiger partial charge in [-0.2, -0.15) is 0 Å². The predicted molar refractivity (Wildman–Crippen MR) is 67.9 cm³/mol. The molecule has 4 heteroatoms. The van der Waals surface area contributed by atoms with Crippen LogP contribution in [0, 0.1) is 6.92 Å². The second-order valence-electron chi connectivity index (χ2n) is 3.92. The fourth-order valence-corrected chi connectivity index (χ4v) is 1.68. The number of hydrogen-bond donors (Lipinski definition) is 1. The monoisotopic (exact) mass is 237 g/mol. The van der Waals surface area contributed by atoms with Crippen LogP contribution in [0.4, 0.5) is 5.69 Å². The SMILES string of the molecule is CCOCCN(C)c1ccc(C(=O)O)cc1C. The van der Waals surface area contributed by atoms with E-state index in [0.29, 0.717) is 18.8 Å². The van der Waals surface area contributed by atoms with Crippen LogP contribution in [0.1, 0.15) is 22.8 Å². The second kappa shape index (κ2) is 6.25. The molecule has 17 heavy (non-hydrogen) atoms. The van der Waals surface area contributed by atoms with Crippen molar-refractivity contribution in [1.82, 2.24) is 0 Å². The van der Waals surface area contributed by atoms with Gasteiger partial charge in [-0.15, -0.1) is 0 Å². The van der Waals surface area contributed by atoms with Crippen LogP contribution in [0.2, 0.25) is 0 Å².